The summed E-state index contributed by atoms with van der Waals surface area (Å²) in [4.78, 5) is 28.7. The number of hydrogen-bond acceptors (Lipinski definition) is 4. The summed E-state index contributed by atoms with van der Waals surface area (Å²) in [7, 11) is 3.27. The fraction of sp³-hybridized carbons (Fsp3) is 0.200. The van der Waals surface area contributed by atoms with E-state index in [2.05, 4.69) is 12.2 Å². The lowest BCUT2D eigenvalue weighted by molar-refractivity contribution is -0.122. The van der Waals surface area contributed by atoms with Crippen LogP contribution in [0.4, 0.5) is 5.69 Å². The molecule has 1 saturated carbocycles. The molecule has 1 heterocycles. The van der Waals surface area contributed by atoms with E-state index < -0.39 is 11.8 Å². The molecule has 186 valence electrons. The summed E-state index contributed by atoms with van der Waals surface area (Å²) >= 11 is 12.3. The van der Waals surface area contributed by atoms with Crippen LogP contribution in [0.1, 0.15) is 11.1 Å². The number of ether oxygens (including phenoxy) is 2. The third-order valence-electron chi connectivity index (χ3n) is 7.62. The number of anilines is 1. The maximum Gasteiger partial charge on any atom is 0.238 e. The molecule has 2 aliphatic carbocycles. The van der Waals surface area contributed by atoms with Crippen LogP contribution in [0, 0.1) is 23.7 Å². The van der Waals surface area contributed by atoms with E-state index in [-0.39, 0.29) is 23.7 Å². The van der Waals surface area contributed by atoms with Gasteiger partial charge in [0.1, 0.15) is 11.5 Å². The van der Waals surface area contributed by atoms with Crippen molar-refractivity contribution in [3.8, 4) is 11.5 Å². The quantitative estimate of drug-likeness (QED) is 0.281. The van der Waals surface area contributed by atoms with Crippen molar-refractivity contribution in [1.82, 2.24) is 0 Å². The summed E-state index contributed by atoms with van der Waals surface area (Å²) in [5.41, 5.74) is 4.58. The van der Waals surface area contributed by atoms with Gasteiger partial charge in [-0.25, -0.2) is 4.90 Å². The predicted molar refractivity (Wildman–Crippen MR) is 144 cm³/mol. The van der Waals surface area contributed by atoms with Gasteiger partial charge in [-0.2, -0.15) is 0 Å². The predicted octanol–water partition coefficient (Wildman–Crippen LogP) is 6.43. The fourth-order valence-corrected chi connectivity index (χ4v) is 6.28. The van der Waals surface area contributed by atoms with Crippen LogP contribution in [0.3, 0.4) is 0 Å². The molecule has 2 amide bonds. The molecule has 3 aliphatic rings. The topological polar surface area (TPSA) is 55.8 Å². The van der Waals surface area contributed by atoms with Crippen molar-refractivity contribution in [3.05, 3.63) is 106 Å². The number of nitrogens with zero attached hydrogens (tertiary/aromatic N) is 1. The number of imide groups is 1. The van der Waals surface area contributed by atoms with Crippen LogP contribution < -0.4 is 14.4 Å². The van der Waals surface area contributed by atoms with E-state index in [0.29, 0.717) is 15.7 Å². The first-order chi connectivity index (χ1) is 17.9. The average Bonchev–Trinajstić information content (AvgIpc) is 3.55. The van der Waals surface area contributed by atoms with Crippen molar-refractivity contribution < 1.29 is 19.1 Å². The Morgan fingerprint density at radius 2 is 1.19 bits per heavy atom. The second-order valence-corrected chi connectivity index (χ2v) is 10.2. The van der Waals surface area contributed by atoms with Crippen LogP contribution in [0.15, 0.2) is 84.5 Å². The van der Waals surface area contributed by atoms with Crippen molar-refractivity contribution in [3.63, 3.8) is 0 Å². The molecule has 5 nitrogen and oxygen atoms in total. The van der Waals surface area contributed by atoms with Gasteiger partial charge in [0.15, 0.2) is 0 Å². The lowest BCUT2D eigenvalue weighted by Crippen LogP contribution is -2.33. The number of carbonyl (C=O) groups excluding carboxylic acids is 2. The van der Waals surface area contributed by atoms with Crippen molar-refractivity contribution in [2.45, 2.75) is 0 Å². The number of halogens is 2. The number of fused-ring (bicyclic) bond motifs is 5. The molecule has 7 heteroatoms. The smallest absolute Gasteiger partial charge is 0.238 e. The zero-order chi connectivity index (χ0) is 25.8. The minimum absolute atomic E-state index is 0.182. The summed E-state index contributed by atoms with van der Waals surface area (Å²) in [6.45, 7) is 0. The standard InChI is InChI=1S/C30H23Cl2NO4/c1-36-19-8-3-16(4-9-19)25(17-5-10-20(37-2)11-6-17)26-21-12-13-22(26)28-27(21)29(34)33(30(28)35)18-7-14-23(31)24(32)15-18/h3-15,21-22,27-28H,1-2H3/t21-,22-,27+,28+/m1/s1. The van der Waals surface area contributed by atoms with Gasteiger partial charge < -0.3 is 9.47 Å². The van der Waals surface area contributed by atoms with E-state index in [4.69, 9.17) is 32.7 Å². The molecule has 3 aromatic carbocycles. The van der Waals surface area contributed by atoms with Crippen molar-refractivity contribution in [2.75, 3.05) is 19.1 Å². The molecule has 37 heavy (non-hydrogen) atoms. The Labute approximate surface area is 224 Å². The van der Waals surface area contributed by atoms with Gasteiger partial charge in [0.05, 0.1) is 41.8 Å². The van der Waals surface area contributed by atoms with Crippen LogP contribution in [0.25, 0.3) is 5.57 Å². The Balaban J connectivity index is 1.47. The van der Waals surface area contributed by atoms with Crippen LogP contribution >= 0.6 is 23.2 Å². The monoisotopic (exact) mass is 531 g/mol. The summed E-state index contributed by atoms with van der Waals surface area (Å²) in [6, 6.07) is 20.6. The van der Waals surface area contributed by atoms with Gasteiger partial charge in [-0.1, -0.05) is 59.6 Å². The highest BCUT2D eigenvalue weighted by Gasteiger charge is 2.62. The van der Waals surface area contributed by atoms with E-state index in [0.717, 1.165) is 33.8 Å². The molecule has 1 saturated heterocycles. The highest BCUT2D eigenvalue weighted by atomic mass is 35.5. The number of carbonyl (C=O) groups is 2. The van der Waals surface area contributed by atoms with E-state index >= 15 is 0 Å². The Hall–Kier alpha value is -3.54. The van der Waals surface area contributed by atoms with Gasteiger partial charge in [-0.05, 0) is 64.7 Å². The van der Waals surface area contributed by atoms with E-state index in [1.165, 1.54) is 4.90 Å². The minimum atomic E-state index is -0.460. The van der Waals surface area contributed by atoms with Gasteiger partial charge >= 0.3 is 0 Å². The summed E-state index contributed by atoms with van der Waals surface area (Å²) < 4.78 is 10.7. The molecule has 0 spiro atoms. The Morgan fingerprint density at radius 1 is 0.703 bits per heavy atom. The van der Waals surface area contributed by atoms with E-state index in [1.807, 2.05) is 48.5 Å². The van der Waals surface area contributed by atoms with Crippen LogP contribution in [-0.2, 0) is 9.59 Å². The second-order valence-electron chi connectivity index (χ2n) is 9.39. The third-order valence-corrected chi connectivity index (χ3v) is 8.36. The van der Waals surface area contributed by atoms with Gasteiger partial charge in [0.2, 0.25) is 11.8 Å². The summed E-state index contributed by atoms with van der Waals surface area (Å²) in [6.07, 6.45) is 4.16. The first-order valence-electron chi connectivity index (χ1n) is 12.0. The number of rotatable bonds is 5. The number of hydrogen-bond donors (Lipinski definition) is 0. The van der Waals surface area contributed by atoms with Gasteiger partial charge in [0.25, 0.3) is 0 Å². The second kappa shape index (κ2) is 9.09. The maximum atomic E-state index is 13.7. The highest BCUT2D eigenvalue weighted by Crippen LogP contribution is 2.59. The molecule has 0 radical (unpaired) electrons. The van der Waals surface area contributed by atoms with Gasteiger partial charge in [-0.3, -0.25) is 9.59 Å². The molecule has 6 rings (SSSR count). The molecular formula is C30H23Cl2NO4. The molecular weight excluding hydrogens is 509 g/mol. The maximum absolute atomic E-state index is 13.7. The molecule has 2 fully saturated rings. The third kappa shape index (κ3) is 3.68. The molecule has 1 aliphatic heterocycles. The first-order valence-corrected chi connectivity index (χ1v) is 12.7. The molecule has 0 aromatic heterocycles. The number of benzene rings is 3. The molecule has 2 bridgehead atoms. The largest absolute Gasteiger partial charge is 0.497 e. The van der Waals surface area contributed by atoms with E-state index in [1.54, 1.807) is 32.4 Å². The molecule has 4 atom stereocenters. The number of amides is 2. The normalized spacial score (nSPS) is 23.6. The zero-order valence-electron chi connectivity index (χ0n) is 20.2. The van der Waals surface area contributed by atoms with Crippen LogP contribution in [0.5, 0.6) is 11.5 Å². The minimum Gasteiger partial charge on any atom is -0.497 e. The van der Waals surface area contributed by atoms with Gasteiger partial charge in [0, 0.05) is 11.8 Å². The molecule has 0 unspecified atom stereocenters. The Kier molecular flexibility index (Phi) is 5.85. The average molecular weight is 532 g/mol. The first kappa shape index (κ1) is 23.8. The highest BCUT2D eigenvalue weighted by molar-refractivity contribution is 6.42. The van der Waals surface area contributed by atoms with Crippen molar-refractivity contribution >= 4 is 46.3 Å². The number of allylic oxidation sites excluding steroid dienone is 3. The fourth-order valence-electron chi connectivity index (χ4n) is 5.99. The Bertz CT molecular complexity index is 1390. The van der Waals surface area contributed by atoms with Gasteiger partial charge in [-0.15, -0.1) is 0 Å². The summed E-state index contributed by atoms with van der Waals surface area (Å²) in [5, 5.41) is 0.681. The van der Waals surface area contributed by atoms with Crippen LogP contribution in [0.2, 0.25) is 10.0 Å². The number of methoxy groups -OCH3 is 2. The lowest BCUT2D eigenvalue weighted by Gasteiger charge is -2.22. The van der Waals surface area contributed by atoms with Crippen molar-refractivity contribution in [1.29, 1.82) is 0 Å². The molecule has 3 aromatic rings. The molecule has 0 N–H and O–H groups in total. The zero-order valence-corrected chi connectivity index (χ0v) is 21.7. The summed E-state index contributed by atoms with van der Waals surface area (Å²) in [5.74, 6) is -0.170. The van der Waals surface area contributed by atoms with Crippen LogP contribution in [-0.4, -0.2) is 26.0 Å². The Morgan fingerprint density at radius 3 is 1.62 bits per heavy atom. The van der Waals surface area contributed by atoms with Crippen molar-refractivity contribution in [2.24, 2.45) is 23.7 Å². The van der Waals surface area contributed by atoms with E-state index in [9.17, 15) is 9.59 Å². The SMILES string of the molecule is COc1ccc(C(=C2[C@H]3C=C[C@H]2[C@@H]2C(=O)N(c4ccc(Cl)c(Cl)c4)C(=O)[C@H]23)c2ccc(OC)cc2)cc1. The lowest BCUT2D eigenvalue weighted by atomic mass is 9.85.